The van der Waals surface area contributed by atoms with Gasteiger partial charge in [0.25, 0.3) is 5.69 Å². The summed E-state index contributed by atoms with van der Waals surface area (Å²) in [6.07, 6.45) is 0. The van der Waals surface area contributed by atoms with Crippen LogP contribution in [0, 0.1) is 30.9 Å². The van der Waals surface area contributed by atoms with Crippen LogP contribution < -0.4 is 4.18 Å². The monoisotopic (exact) mass is 321 g/mol. The summed E-state index contributed by atoms with van der Waals surface area (Å²) in [4.78, 5) is 10.1. The first-order chi connectivity index (χ1) is 10.2. The number of nitro benzene ring substituents is 1. The Morgan fingerprint density at radius 3 is 2.27 bits per heavy atom. The Hall–Kier alpha value is -2.41. The summed E-state index contributed by atoms with van der Waals surface area (Å²) in [5.74, 6) is 0.211. The maximum Gasteiger partial charge on any atom is 0.339 e. The minimum absolute atomic E-state index is 0.211. The van der Waals surface area contributed by atoms with Gasteiger partial charge in [0, 0.05) is 11.6 Å². The Labute approximate surface area is 128 Å². The van der Waals surface area contributed by atoms with Gasteiger partial charge in [-0.2, -0.15) is 8.42 Å². The Morgan fingerprint density at radius 2 is 1.64 bits per heavy atom. The molecule has 0 heterocycles. The Bertz CT molecular complexity index is 843. The van der Waals surface area contributed by atoms with Crippen molar-refractivity contribution in [3.8, 4) is 5.75 Å². The summed E-state index contributed by atoms with van der Waals surface area (Å²) in [5.41, 5.74) is 1.64. The van der Waals surface area contributed by atoms with Crippen LogP contribution in [-0.4, -0.2) is 13.3 Å². The van der Waals surface area contributed by atoms with E-state index >= 15 is 0 Å². The maximum absolute atomic E-state index is 12.3. The molecule has 2 aromatic carbocycles. The average Bonchev–Trinajstić information content (AvgIpc) is 2.42. The lowest BCUT2D eigenvalue weighted by molar-refractivity contribution is -0.385. The molecule has 0 aliphatic heterocycles. The van der Waals surface area contributed by atoms with Crippen LogP contribution in [0.4, 0.5) is 5.69 Å². The molecular weight excluding hydrogens is 306 g/mol. The highest BCUT2D eigenvalue weighted by Gasteiger charge is 2.22. The van der Waals surface area contributed by atoms with Crippen molar-refractivity contribution in [2.24, 2.45) is 0 Å². The van der Waals surface area contributed by atoms with Gasteiger partial charge >= 0.3 is 10.1 Å². The van der Waals surface area contributed by atoms with Crippen LogP contribution in [0.15, 0.2) is 41.3 Å². The van der Waals surface area contributed by atoms with Gasteiger partial charge in [0.15, 0.2) is 0 Å². The van der Waals surface area contributed by atoms with E-state index < -0.39 is 15.0 Å². The molecule has 2 rings (SSSR count). The van der Waals surface area contributed by atoms with Crippen LogP contribution in [0.25, 0.3) is 0 Å². The molecule has 0 saturated heterocycles. The van der Waals surface area contributed by atoms with E-state index in [1.807, 2.05) is 13.0 Å². The predicted octanol–water partition coefficient (Wildman–Crippen LogP) is 3.29. The largest absolute Gasteiger partial charge is 0.379 e. The molecule has 0 N–H and O–H groups in total. The van der Waals surface area contributed by atoms with Crippen LogP contribution in [0.5, 0.6) is 5.75 Å². The van der Waals surface area contributed by atoms with Crippen LogP contribution in [0.3, 0.4) is 0 Å². The summed E-state index contributed by atoms with van der Waals surface area (Å²) < 4.78 is 29.7. The van der Waals surface area contributed by atoms with Gasteiger partial charge in [-0.3, -0.25) is 10.1 Å². The van der Waals surface area contributed by atoms with E-state index in [0.29, 0.717) is 11.1 Å². The zero-order chi connectivity index (χ0) is 16.5. The van der Waals surface area contributed by atoms with E-state index in [0.717, 1.165) is 11.6 Å². The van der Waals surface area contributed by atoms with E-state index in [4.69, 9.17) is 4.18 Å². The van der Waals surface area contributed by atoms with E-state index in [1.165, 1.54) is 12.1 Å². The standard InChI is InChI=1S/C15H15NO5S/c1-10-4-5-12(3)15(8-10)21-22(19,20)13-7-6-11(2)14(9-13)16(17)18/h4-9H,1-3H3. The topological polar surface area (TPSA) is 86.5 Å². The highest BCUT2D eigenvalue weighted by atomic mass is 32.2. The molecule has 0 fully saturated rings. The number of benzene rings is 2. The molecule has 0 bridgehead atoms. The first-order valence-corrected chi connectivity index (χ1v) is 7.88. The fourth-order valence-electron chi connectivity index (χ4n) is 1.90. The zero-order valence-corrected chi connectivity index (χ0v) is 13.2. The van der Waals surface area contributed by atoms with Crippen LogP contribution in [-0.2, 0) is 10.1 Å². The van der Waals surface area contributed by atoms with Crippen LogP contribution in [0.2, 0.25) is 0 Å². The van der Waals surface area contributed by atoms with E-state index in [2.05, 4.69) is 0 Å². The number of nitro groups is 1. The van der Waals surface area contributed by atoms with Crippen molar-refractivity contribution in [3.63, 3.8) is 0 Å². The second-order valence-corrected chi connectivity index (χ2v) is 6.56. The average molecular weight is 321 g/mol. The molecule has 2 aromatic rings. The smallest absolute Gasteiger partial charge is 0.339 e. The molecule has 0 radical (unpaired) electrons. The van der Waals surface area contributed by atoms with Gasteiger partial charge in [-0.05, 0) is 44.0 Å². The molecule has 0 saturated carbocycles. The van der Waals surface area contributed by atoms with E-state index in [1.54, 1.807) is 26.0 Å². The highest BCUT2D eigenvalue weighted by molar-refractivity contribution is 7.87. The molecule has 0 atom stereocenters. The van der Waals surface area contributed by atoms with Gasteiger partial charge in [0.05, 0.1) is 4.92 Å². The Morgan fingerprint density at radius 1 is 1.00 bits per heavy atom. The molecule has 6 nitrogen and oxygen atoms in total. The molecular formula is C15H15NO5S. The van der Waals surface area contributed by atoms with Crippen LogP contribution in [0.1, 0.15) is 16.7 Å². The lowest BCUT2D eigenvalue weighted by Crippen LogP contribution is -2.11. The van der Waals surface area contributed by atoms with Crippen molar-refractivity contribution in [2.45, 2.75) is 25.7 Å². The van der Waals surface area contributed by atoms with Gasteiger partial charge in [-0.25, -0.2) is 0 Å². The quantitative estimate of drug-likeness (QED) is 0.490. The van der Waals surface area contributed by atoms with E-state index in [-0.39, 0.29) is 16.3 Å². The molecule has 0 aliphatic rings. The first kappa shape index (κ1) is 16.0. The fraction of sp³-hybridized carbons (Fsp3) is 0.200. The van der Waals surface area contributed by atoms with E-state index in [9.17, 15) is 18.5 Å². The molecule has 0 unspecified atom stereocenters. The molecule has 0 amide bonds. The Balaban J connectivity index is 2.45. The molecule has 116 valence electrons. The number of hydrogen-bond donors (Lipinski definition) is 0. The number of aryl methyl sites for hydroxylation is 3. The molecule has 7 heteroatoms. The summed E-state index contributed by atoms with van der Waals surface area (Å²) in [7, 11) is -4.13. The summed E-state index contributed by atoms with van der Waals surface area (Å²) in [5, 5.41) is 10.9. The summed E-state index contributed by atoms with van der Waals surface area (Å²) in [6, 6.07) is 8.88. The molecule has 0 spiro atoms. The van der Waals surface area contributed by atoms with Gasteiger partial charge in [-0.1, -0.05) is 18.2 Å². The zero-order valence-electron chi connectivity index (χ0n) is 12.4. The van der Waals surface area contributed by atoms with Gasteiger partial charge in [-0.15, -0.1) is 0 Å². The fourth-order valence-corrected chi connectivity index (χ4v) is 2.91. The summed E-state index contributed by atoms with van der Waals surface area (Å²) >= 11 is 0. The minimum Gasteiger partial charge on any atom is -0.379 e. The third kappa shape index (κ3) is 3.25. The number of hydrogen-bond acceptors (Lipinski definition) is 5. The third-order valence-corrected chi connectivity index (χ3v) is 4.44. The first-order valence-electron chi connectivity index (χ1n) is 6.47. The highest BCUT2D eigenvalue weighted by Crippen LogP contribution is 2.27. The number of rotatable bonds is 4. The van der Waals surface area contributed by atoms with Crippen molar-refractivity contribution >= 4 is 15.8 Å². The molecule has 0 aliphatic carbocycles. The third-order valence-electron chi connectivity index (χ3n) is 3.21. The van der Waals surface area contributed by atoms with Gasteiger partial charge < -0.3 is 4.18 Å². The SMILES string of the molecule is Cc1ccc(C)c(OS(=O)(=O)c2ccc(C)c([N+](=O)[O-])c2)c1. The van der Waals surface area contributed by atoms with Crippen molar-refractivity contribution < 1.29 is 17.5 Å². The lowest BCUT2D eigenvalue weighted by Gasteiger charge is -2.10. The Kier molecular flexibility index (Phi) is 4.18. The second-order valence-electron chi connectivity index (χ2n) is 5.01. The summed E-state index contributed by atoms with van der Waals surface area (Å²) in [6.45, 7) is 5.08. The minimum atomic E-state index is -4.13. The second kappa shape index (κ2) is 5.76. The van der Waals surface area contributed by atoms with Crippen molar-refractivity contribution in [1.82, 2.24) is 0 Å². The number of nitrogens with zero attached hydrogens (tertiary/aromatic N) is 1. The van der Waals surface area contributed by atoms with Crippen molar-refractivity contribution in [1.29, 1.82) is 0 Å². The molecule has 0 aromatic heterocycles. The van der Waals surface area contributed by atoms with Crippen molar-refractivity contribution in [2.75, 3.05) is 0 Å². The van der Waals surface area contributed by atoms with Gasteiger partial charge in [0.2, 0.25) is 0 Å². The van der Waals surface area contributed by atoms with Crippen molar-refractivity contribution in [3.05, 3.63) is 63.2 Å². The predicted molar refractivity (Wildman–Crippen MR) is 81.6 cm³/mol. The maximum atomic E-state index is 12.3. The molecule has 22 heavy (non-hydrogen) atoms. The van der Waals surface area contributed by atoms with Crippen LogP contribution >= 0.6 is 0 Å². The van der Waals surface area contributed by atoms with Gasteiger partial charge in [0.1, 0.15) is 10.6 Å². The lowest BCUT2D eigenvalue weighted by atomic mass is 10.1. The normalized spacial score (nSPS) is 11.2.